The lowest BCUT2D eigenvalue weighted by molar-refractivity contribution is 0.152. The van der Waals surface area contributed by atoms with E-state index in [1.54, 1.807) is 0 Å². The summed E-state index contributed by atoms with van der Waals surface area (Å²) in [5.74, 6) is 0. The van der Waals surface area contributed by atoms with E-state index in [9.17, 15) is 4.79 Å². The van der Waals surface area contributed by atoms with Crippen LogP contribution >= 0.6 is 0 Å². The third-order valence-corrected chi connectivity index (χ3v) is 9.03. The second-order valence-corrected chi connectivity index (χ2v) is 13.1. The third-order valence-electron chi connectivity index (χ3n) is 9.03. The van der Waals surface area contributed by atoms with E-state index in [1.165, 1.54) is 180 Å². The van der Waals surface area contributed by atoms with Crippen LogP contribution in [0.4, 0.5) is 4.79 Å². The van der Waals surface area contributed by atoms with Crippen molar-refractivity contribution in [3.8, 4) is 0 Å². The number of unbranched alkanes of at least 4 members (excludes halogenated alkanes) is 20. The topological polar surface area (TPSA) is 23.6 Å². The van der Waals surface area contributed by atoms with Crippen LogP contribution in [0.2, 0.25) is 0 Å². The molecule has 246 valence electrons. The Morgan fingerprint density at radius 3 is 1.19 bits per heavy atom. The lowest BCUT2D eigenvalue weighted by atomic mass is 10.1. The van der Waals surface area contributed by atoms with Crippen LogP contribution in [0.5, 0.6) is 0 Å². The Balaban J connectivity index is 2.16. The van der Waals surface area contributed by atoms with Crippen molar-refractivity contribution >= 4 is 6.03 Å². The molecule has 1 fully saturated rings. The molecule has 0 radical (unpaired) electrons. The zero-order chi connectivity index (χ0) is 30.2. The lowest BCUT2D eigenvalue weighted by Crippen LogP contribution is -2.44. The van der Waals surface area contributed by atoms with Gasteiger partial charge in [-0.3, -0.25) is 0 Å². The molecule has 1 aliphatic heterocycles. The van der Waals surface area contributed by atoms with Gasteiger partial charge in [0.05, 0.1) is 0 Å². The van der Waals surface area contributed by atoms with E-state index in [0.717, 1.165) is 26.2 Å². The molecule has 3 nitrogen and oxygen atoms in total. The monoisotopic (exact) mass is 587 g/mol. The lowest BCUT2D eigenvalue weighted by Gasteiger charge is -2.30. The maximum Gasteiger partial charge on any atom is 0.319 e. The fourth-order valence-electron chi connectivity index (χ4n) is 6.16. The highest BCUT2D eigenvalue weighted by Gasteiger charge is 2.21. The van der Waals surface area contributed by atoms with E-state index in [1.807, 2.05) is 0 Å². The van der Waals surface area contributed by atoms with Crippen molar-refractivity contribution in [1.82, 2.24) is 9.80 Å². The number of carbonyl (C=O) groups is 1. The number of nitrogens with zero attached hydrogens (tertiary/aromatic N) is 2. The van der Waals surface area contributed by atoms with Crippen LogP contribution in [0.1, 0.15) is 194 Å². The number of hydrogen-bond acceptors (Lipinski definition) is 1. The molecule has 0 saturated carbocycles. The Morgan fingerprint density at radius 1 is 0.476 bits per heavy atom. The second kappa shape index (κ2) is 31.2. The molecular formula is C39H74N2O. The average molecular weight is 587 g/mol. The molecule has 1 rings (SSSR count). The van der Waals surface area contributed by atoms with E-state index < -0.39 is 0 Å². The highest BCUT2D eigenvalue weighted by Crippen LogP contribution is 2.16. The first kappa shape index (κ1) is 38.8. The highest BCUT2D eigenvalue weighted by molar-refractivity contribution is 5.74. The predicted octanol–water partition coefficient (Wildman–Crippen LogP) is 12.8. The molecule has 0 N–H and O–H groups in total. The first-order chi connectivity index (χ1) is 20.8. The van der Waals surface area contributed by atoms with Crippen molar-refractivity contribution in [1.29, 1.82) is 0 Å². The maximum absolute atomic E-state index is 13.4. The van der Waals surface area contributed by atoms with Crippen LogP contribution in [0.25, 0.3) is 0 Å². The molecule has 0 atom stereocenters. The number of hydrogen-bond donors (Lipinski definition) is 0. The van der Waals surface area contributed by atoms with Crippen molar-refractivity contribution in [3.05, 3.63) is 24.3 Å². The fourth-order valence-corrected chi connectivity index (χ4v) is 6.16. The van der Waals surface area contributed by atoms with Crippen molar-refractivity contribution in [2.45, 2.75) is 194 Å². The molecular weight excluding hydrogens is 512 g/mol. The van der Waals surface area contributed by atoms with Gasteiger partial charge in [0.1, 0.15) is 0 Å². The summed E-state index contributed by atoms with van der Waals surface area (Å²) >= 11 is 0. The minimum absolute atomic E-state index is 0.333. The Morgan fingerprint density at radius 2 is 0.810 bits per heavy atom. The van der Waals surface area contributed by atoms with Gasteiger partial charge >= 0.3 is 6.03 Å². The first-order valence-electron chi connectivity index (χ1n) is 19.1. The number of allylic oxidation sites excluding steroid dienone is 4. The molecule has 0 bridgehead atoms. The van der Waals surface area contributed by atoms with Crippen LogP contribution in [-0.4, -0.2) is 42.0 Å². The molecule has 0 aromatic heterocycles. The molecule has 1 saturated heterocycles. The molecule has 0 aromatic rings. The summed E-state index contributed by atoms with van der Waals surface area (Å²) in [5, 5.41) is 0. The molecule has 2 amide bonds. The van der Waals surface area contributed by atoms with Crippen molar-refractivity contribution < 1.29 is 4.79 Å². The van der Waals surface area contributed by atoms with E-state index >= 15 is 0 Å². The zero-order valence-electron chi connectivity index (χ0n) is 28.7. The highest BCUT2D eigenvalue weighted by atomic mass is 16.2. The summed E-state index contributed by atoms with van der Waals surface area (Å²) < 4.78 is 0. The van der Waals surface area contributed by atoms with Crippen molar-refractivity contribution in [2.75, 3.05) is 26.2 Å². The number of likely N-dealkylation sites (tertiary alicyclic amines) is 1. The van der Waals surface area contributed by atoms with Crippen LogP contribution in [0.15, 0.2) is 24.3 Å². The van der Waals surface area contributed by atoms with Gasteiger partial charge in [-0.25, -0.2) is 4.79 Å². The Kier molecular flexibility index (Phi) is 28.8. The van der Waals surface area contributed by atoms with Gasteiger partial charge in [0.15, 0.2) is 0 Å². The minimum atomic E-state index is 0.333. The van der Waals surface area contributed by atoms with E-state index in [-0.39, 0.29) is 0 Å². The molecule has 0 aromatic carbocycles. The van der Waals surface area contributed by atoms with Crippen LogP contribution in [0, 0.1) is 0 Å². The van der Waals surface area contributed by atoms with Gasteiger partial charge in [0, 0.05) is 26.2 Å². The smallest absolute Gasteiger partial charge is 0.319 e. The average Bonchev–Trinajstić information content (AvgIpc) is 3.30. The summed E-state index contributed by atoms with van der Waals surface area (Å²) in [5.41, 5.74) is 0. The summed E-state index contributed by atoms with van der Waals surface area (Å²) in [4.78, 5) is 17.8. The van der Waals surface area contributed by atoms with Crippen LogP contribution < -0.4 is 0 Å². The van der Waals surface area contributed by atoms with Gasteiger partial charge in [-0.1, -0.05) is 141 Å². The SMILES string of the molecule is CCCCCCC=CCCCCCCCCN(CCCCCCCCC=CCCCCCC)C(=O)N1CCCCCC1. The summed E-state index contributed by atoms with van der Waals surface area (Å²) in [7, 11) is 0. The Hall–Kier alpha value is -1.25. The van der Waals surface area contributed by atoms with E-state index in [0.29, 0.717) is 6.03 Å². The number of carbonyl (C=O) groups excluding carboxylic acids is 1. The normalized spacial score (nSPS) is 14.3. The van der Waals surface area contributed by atoms with Gasteiger partial charge in [-0.2, -0.15) is 0 Å². The molecule has 0 aliphatic carbocycles. The molecule has 1 heterocycles. The Labute approximate surface area is 264 Å². The molecule has 0 spiro atoms. The number of rotatable bonds is 28. The van der Waals surface area contributed by atoms with Gasteiger partial charge in [0.2, 0.25) is 0 Å². The maximum atomic E-state index is 13.4. The van der Waals surface area contributed by atoms with Crippen molar-refractivity contribution in [2.24, 2.45) is 0 Å². The van der Waals surface area contributed by atoms with Crippen LogP contribution in [0.3, 0.4) is 0 Å². The standard InChI is InChI=1S/C39H74N2O/c1-3-5-7-9-11-13-15-17-19-21-23-25-27-31-35-40(39(42)41-37-33-29-30-34-38-41)36-32-28-26-24-22-20-18-16-14-12-10-8-6-4-2/h13-16H,3-12,17-38H2,1-2H3. The third kappa shape index (κ3) is 24.2. The second-order valence-electron chi connectivity index (χ2n) is 13.1. The first-order valence-corrected chi connectivity index (χ1v) is 19.1. The predicted molar refractivity (Wildman–Crippen MR) is 187 cm³/mol. The Bertz CT molecular complexity index is 582. The largest absolute Gasteiger partial charge is 0.325 e. The van der Waals surface area contributed by atoms with E-state index in [2.05, 4.69) is 48.0 Å². The fraction of sp³-hybridized carbons (Fsp3) is 0.872. The van der Waals surface area contributed by atoms with Gasteiger partial charge < -0.3 is 9.80 Å². The van der Waals surface area contributed by atoms with E-state index in [4.69, 9.17) is 0 Å². The summed E-state index contributed by atoms with van der Waals surface area (Å²) in [6.07, 6.45) is 46.1. The summed E-state index contributed by atoms with van der Waals surface area (Å²) in [6, 6.07) is 0.333. The van der Waals surface area contributed by atoms with Gasteiger partial charge in [-0.05, 0) is 77.0 Å². The number of urea groups is 1. The van der Waals surface area contributed by atoms with Gasteiger partial charge in [0.25, 0.3) is 0 Å². The van der Waals surface area contributed by atoms with Crippen LogP contribution in [-0.2, 0) is 0 Å². The molecule has 3 heteroatoms. The van der Waals surface area contributed by atoms with Crippen molar-refractivity contribution in [3.63, 3.8) is 0 Å². The molecule has 1 aliphatic rings. The number of amides is 2. The zero-order valence-corrected chi connectivity index (χ0v) is 28.7. The molecule has 0 unspecified atom stereocenters. The van der Waals surface area contributed by atoms with Gasteiger partial charge in [-0.15, -0.1) is 0 Å². The minimum Gasteiger partial charge on any atom is -0.325 e. The summed E-state index contributed by atoms with van der Waals surface area (Å²) in [6.45, 7) is 8.41. The molecule has 42 heavy (non-hydrogen) atoms. The quantitative estimate of drug-likeness (QED) is 0.0660.